The largest absolute Gasteiger partial charge is 0.444 e. The van der Waals surface area contributed by atoms with E-state index in [2.05, 4.69) is 16.7 Å². The number of ether oxygens (including phenoxy) is 1. The highest BCUT2D eigenvalue weighted by Crippen LogP contribution is 2.27. The number of nitriles is 1. The van der Waals surface area contributed by atoms with E-state index in [1.54, 1.807) is 0 Å². The molecule has 0 spiro atoms. The molecule has 0 radical (unpaired) electrons. The predicted octanol–water partition coefficient (Wildman–Crippen LogP) is 3.10. The standard InChI is InChI=1S/C17H29N3O2/c1-17(2,3)22-16(21)20-14-9-7-13(8-10-14)19-15-6-4-5-12(15)11-18/h12-15,19H,4-10H2,1-3H3,(H,20,21). The second-order valence-electron chi connectivity index (χ2n) is 7.63. The van der Waals surface area contributed by atoms with Crippen molar-refractivity contribution in [1.29, 1.82) is 5.26 Å². The summed E-state index contributed by atoms with van der Waals surface area (Å²) in [5, 5.41) is 15.8. The van der Waals surface area contributed by atoms with Crippen molar-refractivity contribution < 1.29 is 9.53 Å². The molecule has 0 aromatic heterocycles. The van der Waals surface area contributed by atoms with Crippen molar-refractivity contribution in [1.82, 2.24) is 10.6 Å². The van der Waals surface area contributed by atoms with Crippen LogP contribution >= 0.6 is 0 Å². The number of rotatable bonds is 3. The molecule has 2 aliphatic carbocycles. The van der Waals surface area contributed by atoms with Gasteiger partial charge in [-0.15, -0.1) is 0 Å². The van der Waals surface area contributed by atoms with Gasteiger partial charge in [0.1, 0.15) is 5.60 Å². The van der Waals surface area contributed by atoms with Crippen molar-refractivity contribution in [3.63, 3.8) is 0 Å². The molecule has 2 unspecified atom stereocenters. The summed E-state index contributed by atoms with van der Waals surface area (Å²) in [7, 11) is 0. The van der Waals surface area contributed by atoms with Gasteiger partial charge in [-0.2, -0.15) is 5.26 Å². The summed E-state index contributed by atoms with van der Waals surface area (Å²) in [6.45, 7) is 5.63. The molecule has 124 valence electrons. The molecule has 0 saturated heterocycles. The lowest BCUT2D eigenvalue weighted by Gasteiger charge is -2.32. The molecule has 5 nitrogen and oxygen atoms in total. The van der Waals surface area contributed by atoms with Gasteiger partial charge in [-0.1, -0.05) is 6.42 Å². The lowest BCUT2D eigenvalue weighted by atomic mass is 9.90. The molecule has 2 N–H and O–H groups in total. The fraction of sp³-hybridized carbons (Fsp3) is 0.882. The molecule has 2 fully saturated rings. The molecular weight excluding hydrogens is 278 g/mol. The highest BCUT2D eigenvalue weighted by atomic mass is 16.6. The van der Waals surface area contributed by atoms with Crippen LogP contribution in [-0.2, 0) is 4.74 Å². The highest BCUT2D eigenvalue weighted by molar-refractivity contribution is 5.68. The van der Waals surface area contributed by atoms with Crippen molar-refractivity contribution in [3.8, 4) is 6.07 Å². The molecule has 2 atom stereocenters. The molecular formula is C17H29N3O2. The van der Waals surface area contributed by atoms with E-state index in [4.69, 9.17) is 10.00 Å². The highest BCUT2D eigenvalue weighted by Gasteiger charge is 2.31. The van der Waals surface area contributed by atoms with Crippen LogP contribution in [0.15, 0.2) is 0 Å². The van der Waals surface area contributed by atoms with Crippen LogP contribution in [0.25, 0.3) is 0 Å². The van der Waals surface area contributed by atoms with Gasteiger partial charge in [0, 0.05) is 18.1 Å². The first-order valence-corrected chi connectivity index (χ1v) is 8.52. The topological polar surface area (TPSA) is 74.2 Å². The third-order valence-corrected chi connectivity index (χ3v) is 4.58. The average Bonchev–Trinajstić information content (AvgIpc) is 2.86. The van der Waals surface area contributed by atoms with E-state index in [1.165, 1.54) is 0 Å². The number of nitrogens with one attached hydrogen (secondary N) is 2. The van der Waals surface area contributed by atoms with Crippen molar-refractivity contribution >= 4 is 6.09 Å². The first-order valence-electron chi connectivity index (χ1n) is 8.52. The molecule has 5 heteroatoms. The van der Waals surface area contributed by atoms with Crippen LogP contribution in [-0.4, -0.2) is 29.8 Å². The monoisotopic (exact) mass is 307 g/mol. The minimum absolute atomic E-state index is 0.178. The Morgan fingerprint density at radius 3 is 2.32 bits per heavy atom. The third kappa shape index (κ3) is 5.17. The normalized spacial score (nSPS) is 32.3. The van der Waals surface area contributed by atoms with Crippen molar-refractivity contribution in [2.24, 2.45) is 5.92 Å². The van der Waals surface area contributed by atoms with E-state index in [0.29, 0.717) is 12.1 Å². The van der Waals surface area contributed by atoms with Gasteiger partial charge in [-0.25, -0.2) is 4.79 Å². The Morgan fingerprint density at radius 2 is 1.73 bits per heavy atom. The van der Waals surface area contributed by atoms with Gasteiger partial charge in [0.15, 0.2) is 0 Å². The maximum Gasteiger partial charge on any atom is 0.407 e. The minimum atomic E-state index is -0.447. The van der Waals surface area contributed by atoms with Crippen LogP contribution in [0.1, 0.15) is 65.7 Å². The number of hydrogen-bond donors (Lipinski definition) is 2. The summed E-state index contributed by atoms with van der Waals surface area (Å²) in [6.07, 6.45) is 7.04. The SMILES string of the molecule is CC(C)(C)OC(=O)NC1CCC(NC2CCCC2C#N)CC1. The molecule has 1 amide bonds. The molecule has 0 aromatic carbocycles. The average molecular weight is 307 g/mol. The van der Waals surface area contributed by atoms with Gasteiger partial charge in [0.05, 0.1) is 12.0 Å². The van der Waals surface area contributed by atoms with Crippen molar-refractivity contribution in [2.45, 2.75) is 89.4 Å². The van der Waals surface area contributed by atoms with E-state index in [1.807, 2.05) is 20.8 Å². The van der Waals surface area contributed by atoms with E-state index in [-0.39, 0.29) is 18.1 Å². The molecule has 0 heterocycles. The summed E-state index contributed by atoms with van der Waals surface area (Å²) in [5.74, 6) is 0.178. The second-order valence-corrected chi connectivity index (χ2v) is 7.63. The number of alkyl carbamates (subject to hydrolysis) is 1. The van der Waals surface area contributed by atoms with E-state index >= 15 is 0 Å². The number of carbonyl (C=O) groups is 1. The van der Waals surface area contributed by atoms with Crippen LogP contribution in [0, 0.1) is 17.2 Å². The lowest BCUT2D eigenvalue weighted by Crippen LogP contribution is -2.46. The van der Waals surface area contributed by atoms with Crippen LogP contribution in [0.2, 0.25) is 0 Å². The summed E-state index contributed by atoms with van der Waals surface area (Å²) in [5.41, 5.74) is -0.447. The number of amides is 1. The Bertz CT molecular complexity index is 417. The van der Waals surface area contributed by atoms with Crippen LogP contribution in [0.4, 0.5) is 4.79 Å². The Morgan fingerprint density at radius 1 is 1.09 bits per heavy atom. The van der Waals surface area contributed by atoms with Gasteiger partial charge in [0.25, 0.3) is 0 Å². The summed E-state index contributed by atoms with van der Waals surface area (Å²) < 4.78 is 5.30. The molecule has 0 aromatic rings. The Kier molecular flexibility index (Phi) is 5.69. The zero-order valence-electron chi connectivity index (χ0n) is 14.0. The first kappa shape index (κ1) is 17.1. The van der Waals surface area contributed by atoms with E-state index < -0.39 is 5.60 Å². The number of nitrogens with zero attached hydrogens (tertiary/aromatic N) is 1. The smallest absolute Gasteiger partial charge is 0.407 e. The maximum atomic E-state index is 11.8. The van der Waals surface area contributed by atoms with Crippen LogP contribution in [0.3, 0.4) is 0 Å². The lowest BCUT2D eigenvalue weighted by molar-refractivity contribution is 0.0489. The van der Waals surface area contributed by atoms with Crippen LogP contribution in [0.5, 0.6) is 0 Å². The van der Waals surface area contributed by atoms with E-state index in [9.17, 15) is 4.79 Å². The van der Waals surface area contributed by atoms with Gasteiger partial charge in [-0.3, -0.25) is 0 Å². The zero-order valence-corrected chi connectivity index (χ0v) is 14.0. The first-order chi connectivity index (χ1) is 10.4. The predicted molar refractivity (Wildman–Crippen MR) is 85.3 cm³/mol. The summed E-state index contributed by atoms with van der Waals surface area (Å²) >= 11 is 0. The molecule has 22 heavy (non-hydrogen) atoms. The maximum absolute atomic E-state index is 11.8. The molecule has 2 rings (SSSR count). The molecule has 2 saturated carbocycles. The quantitative estimate of drug-likeness (QED) is 0.840. The van der Waals surface area contributed by atoms with Crippen molar-refractivity contribution in [2.75, 3.05) is 0 Å². The number of hydrogen-bond acceptors (Lipinski definition) is 4. The molecule has 0 bridgehead atoms. The molecule has 2 aliphatic rings. The Hall–Kier alpha value is -1.28. The van der Waals surface area contributed by atoms with Gasteiger partial charge >= 0.3 is 6.09 Å². The number of carbonyl (C=O) groups excluding carboxylic acids is 1. The van der Waals surface area contributed by atoms with Gasteiger partial charge in [0.2, 0.25) is 0 Å². The summed E-state index contributed by atoms with van der Waals surface area (Å²) in [4.78, 5) is 11.8. The molecule has 0 aliphatic heterocycles. The third-order valence-electron chi connectivity index (χ3n) is 4.58. The van der Waals surface area contributed by atoms with Crippen LogP contribution < -0.4 is 10.6 Å². The zero-order chi connectivity index (χ0) is 16.2. The Balaban J connectivity index is 1.70. The second kappa shape index (κ2) is 7.32. The van der Waals surface area contributed by atoms with Gasteiger partial charge in [-0.05, 0) is 59.3 Å². The minimum Gasteiger partial charge on any atom is -0.444 e. The fourth-order valence-corrected chi connectivity index (χ4v) is 3.50. The fourth-order valence-electron chi connectivity index (χ4n) is 3.50. The van der Waals surface area contributed by atoms with E-state index in [0.717, 1.165) is 44.9 Å². The summed E-state index contributed by atoms with van der Waals surface area (Å²) in [6, 6.07) is 3.48. The van der Waals surface area contributed by atoms with Gasteiger partial charge < -0.3 is 15.4 Å². The van der Waals surface area contributed by atoms with Crippen molar-refractivity contribution in [3.05, 3.63) is 0 Å². The Labute approximate surface area is 133 Å².